The van der Waals surface area contributed by atoms with Crippen LogP contribution in [0.1, 0.15) is 59.4 Å². The fraction of sp³-hybridized carbons (Fsp3) is 0.824. The Balaban J connectivity index is 2.85. The van der Waals surface area contributed by atoms with Gasteiger partial charge in [0, 0.05) is 12.1 Å². The van der Waals surface area contributed by atoms with Crippen molar-refractivity contribution in [2.75, 3.05) is 6.54 Å². The molecular formula is C17H32BrN3. The van der Waals surface area contributed by atoms with E-state index in [0.717, 1.165) is 31.1 Å². The SMILES string of the molecule is CCn1nc(C)c(Br)c1CC(CNC(C)(C)C)CC(C)C. The van der Waals surface area contributed by atoms with E-state index in [1.165, 1.54) is 16.6 Å². The molecule has 0 aromatic carbocycles. The number of aromatic nitrogens is 2. The van der Waals surface area contributed by atoms with Gasteiger partial charge in [-0.3, -0.25) is 4.68 Å². The van der Waals surface area contributed by atoms with Crippen molar-refractivity contribution in [2.45, 2.75) is 73.4 Å². The Bertz CT molecular complexity index is 444. The van der Waals surface area contributed by atoms with Crippen LogP contribution in [-0.4, -0.2) is 21.9 Å². The number of aryl methyl sites for hydroxylation is 2. The average molecular weight is 358 g/mol. The van der Waals surface area contributed by atoms with Crippen molar-refractivity contribution in [1.82, 2.24) is 15.1 Å². The zero-order chi connectivity index (χ0) is 16.2. The summed E-state index contributed by atoms with van der Waals surface area (Å²) >= 11 is 3.72. The molecule has 3 nitrogen and oxygen atoms in total. The van der Waals surface area contributed by atoms with Crippen LogP contribution in [0.5, 0.6) is 0 Å². The number of halogens is 1. The maximum atomic E-state index is 4.62. The third-order valence-electron chi connectivity index (χ3n) is 3.66. The molecule has 0 fully saturated rings. The first-order chi connectivity index (χ1) is 9.64. The van der Waals surface area contributed by atoms with Gasteiger partial charge in [0.25, 0.3) is 0 Å². The van der Waals surface area contributed by atoms with E-state index in [0.29, 0.717) is 5.92 Å². The highest BCUT2D eigenvalue weighted by Gasteiger charge is 2.20. The molecule has 0 amide bonds. The third-order valence-corrected chi connectivity index (χ3v) is 4.69. The second kappa shape index (κ2) is 7.77. The van der Waals surface area contributed by atoms with E-state index >= 15 is 0 Å². The number of nitrogens with one attached hydrogen (secondary N) is 1. The molecule has 122 valence electrons. The van der Waals surface area contributed by atoms with Crippen LogP contribution in [-0.2, 0) is 13.0 Å². The Hall–Kier alpha value is -0.350. The molecule has 0 spiro atoms. The minimum Gasteiger partial charge on any atom is -0.312 e. The van der Waals surface area contributed by atoms with E-state index in [2.05, 4.69) is 79.5 Å². The van der Waals surface area contributed by atoms with Crippen molar-refractivity contribution in [3.8, 4) is 0 Å². The zero-order valence-electron chi connectivity index (χ0n) is 14.8. The second-order valence-electron chi connectivity index (χ2n) is 7.49. The van der Waals surface area contributed by atoms with Gasteiger partial charge in [0.05, 0.1) is 15.9 Å². The summed E-state index contributed by atoms with van der Waals surface area (Å²) in [4.78, 5) is 0. The molecule has 1 aromatic heterocycles. The quantitative estimate of drug-likeness (QED) is 0.774. The Labute approximate surface area is 139 Å². The summed E-state index contributed by atoms with van der Waals surface area (Å²) in [5.41, 5.74) is 2.61. The van der Waals surface area contributed by atoms with Gasteiger partial charge in [-0.05, 0) is 81.8 Å². The Kier molecular flexibility index (Phi) is 6.92. The molecule has 1 aromatic rings. The first-order valence-electron chi connectivity index (χ1n) is 8.10. The molecule has 0 aliphatic heterocycles. The van der Waals surface area contributed by atoms with Crippen LogP contribution in [0, 0.1) is 18.8 Å². The van der Waals surface area contributed by atoms with E-state index < -0.39 is 0 Å². The molecule has 21 heavy (non-hydrogen) atoms. The molecule has 0 aliphatic rings. The summed E-state index contributed by atoms with van der Waals surface area (Å²) in [6.07, 6.45) is 2.32. The molecule has 0 aliphatic carbocycles. The van der Waals surface area contributed by atoms with Gasteiger partial charge in [-0.15, -0.1) is 0 Å². The van der Waals surface area contributed by atoms with Crippen molar-refractivity contribution >= 4 is 15.9 Å². The van der Waals surface area contributed by atoms with E-state index in [4.69, 9.17) is 0 Å². The number of nitrogens with zero attached hydrogens (tertiary/aromatic N) is 2. The number of hydrogen-bond donors (Lipinski definition) is 1. The van der Waals surface area contributed by atoms with Crippen LogP contribution in [0.15, 0.2) is 4.47 Å². The van der Waals surface area contributed by atoms with Crippen LogP contribution in [0.3, 0.4) is 0 Å². The van der Waals surface area contributed by atoms with Gasteiger partial charge in [0.1, 0.15) is 0 Å². The van der Waals surface area contributed by atoms with E-state index in [-0.39, 0.29) is 5.54 Å². The van der Waals surface area contributed by atoms with Crippen molar-refractivity contribution < 1.29 is 0 Å². The molecule has 0 saturated carbocycles. The van der Waals surface area contributed by atoms with Crippen molar-refractivity contribution in [3.63, 3.8) is 0 Å². The molecular weight excluding hydrogens is 326 g/mol. The van der Waals surface area contributed by atoms with Crippen LogP contribution in [0.25, 0.3) is 0 Å². The molecule has 1 heterocycles. The molecule has 0 bridgehead atoms. The topological polar surface area (TPSA) is 29.9 Å². The first kappa shape index (κ1) is 18.7. The minimum atomic E-state index is 0.174. The molecule has 4 heteroatoms. The average Bonchev–Trinajstić information content (AvgIpc) is 2.62. The summed E-state index contributed by atoms with van der Waals surface area (Å²) < 4.78 is 3.33. The number of rotatable bonds is 7. The predicted molar refractivity (Wildman–Crippen MR) is 94.7 cm³/mol. The van der Waals surface area contributed by atoms with Crippen LogP contribution >= 0.6 is 15.9 Å². The summed E-state index contributed by atoms with van der Waals surface area (Å²) in [6, 6.07) is 0. The largest absolute Gasteiger partial charge is 0.312 e. The Morgan fingerprint density at radius 1 is 1.29 bits per heavy atom. The first-order valence-corrected chi connectivity index (χ1v) is 8.90. The standard InChI is InChI=1S/C17H32BrN3/c1-8-21-15(16(18)13(4)20-21)10-14(9-12(2)3)11-19-17(5,6)7/h12,14,19H,8-11H2,1-7H3. The molecule has 0 saturated heterocycles. The Morgan fingerprint density at radius 3 is 2.38 bits per heavy atom. The lowest BCUT2D eigenvalue weighted by Gasteiger charge is -2.26. The van der Waals surface area contributed by atoms with Gasteiger partial charge >= 0.3 is 0 Å². The highest BCUT2D eigenvalue weighted by Crippen LogP contribution is 2.26. The van der Waals surface area contributed by atoms with E-state index in [1.54, 1.807) is 0 Å². The molecule has 1 rings (SSSR count). The van der Waals surface area contributed by atoms with Crippen molar-refractivity contribution in [3.05, 3.63) is 15.9 Å². The second-order valence-corrected chi connectivity index (χ2v) is 8.29. The van der Waals surface area contributed by atoms with Gasteiger partial charge < -0.3 is 5.32 Å². The summed E-state index contributed by atoms with van der Waals surface area (Å²) in [7, 11) is 0. The zero-order valence-corrected chi connectivity index (χ0v) is 16.3. The van der Waals surface area contributed by atoms with E-state index in [1.807, 2.05) is 0 Å². The maximum absolute atomic E-state index is 4.62. The van der Waals surface area contributed by atoms with Crippen LogP contribution in [0.4, 0.5) is 0 Å². The summed E-state index contributed by atoms with van der Waals surface area (Å²) in [6.45, 7) is 17.5. The monoisotopic (exact) mass is 357 g/mol. The maximum Gasteiger partial charge on any atom is 0.0738 e. The molecule has 1 atom stereocenters. The molecule has 1 unspecified atom stereocenters. The van der Waals surface area contributed by atoms with Crippen LogP contribution < -0.4 is 5.32 Å². The Morgan fingerprint density at radius 2 is 1.90 bits per heavy atom. The third kappa shape index (κ3) is 6.11. The van der Waals surface area contributed by atoms with Gasteiger partial charge in [-0.2, -0.15) is 5.10 Å². The van der Waals surface area contributed by atoms with E-state index in [9.17, 15) is 0 Å². The highest BCUT2D eigenvalue weighted by molar-refractivity contribution is 9.10. The molecule has 1 N–H and O–H groups in total. The fourth-order valence-electron chi connectivity index (χ4n) is 2.69. The summed E-state index contributed by atoms with van der Waals surface area (Å²) in [5.74, 6) is 1.36. The summed E-state index contributed by atoms with van der Waals surface area (Å²) in [5, 5.41) is 8.29. The number of hydrogen-bond acceptors (Lipinski definition) is 2. The van der Waals surface area contributed by atoms with Crippen LogP contribution in [0.2, 0.25) is 0 Å². The molecule has 0 radical (unpaired) electrons. The fourth-order valence-corrected chi connectivity index (χ4v) is 3.14. The lowest BCUT2D eigenvalue weighted by Crippen LogP contribution is -2.40. The van der Waals surface area contributed by atoms with Gasteiger partial charge in [0.2, 0.25) is 0 Å². The van der Waals surface area contributed by atoms with Gasteiger partial charge in [-0.25, -0.2) is 0 Å². The lowest BCUT2D eigenvalue weighted by atomic mass is 9.91. The van der Waals surface area contributed by atoms with Gasteiger partial charge in [-0.1, -0.05) is 13.8 Å². The smallest absolute Gasteiger partial charge is 0.0738 e. The highest BCUT2D eigenvalue weighted by atomic mass is 79.9. The van der Waals surface area contributed by atoms with Crippen molar-refractivity contribution in [2.24, 2.45) is 11.8 Å². The van der Waals surface area contributed by atoms with Gasteiger partial charge in [0.15, 0.2) is 0 Å². The normalized spacial score (nSPS) is 14.0. The lowest BCUT2D eigenvalue weighted by molar-refractivity contribution is 0.326. The van der Waals surface area contributed by atoms with Crippen molar-refractivity contribution in [1.29, 1.82) is 0 Å². The minimum absolute atomic E-state index is 0.174. The predicted octanol–water partition coefficient (Wildman–Crippen LogP) is 4.57.